The highest BCUT2D eigenvalue weighted by atomic mass is 16.3. The molecule has 2 N–H and O–H groups in total. The third-order valence-corrected chi connectivity index (χ3v) is 4.75. The number of allylic oxidation sites excluding steroid dienone is 2. The summed E-state index contributed by atoms with van der Waals surface area (Å²) < 4.78 is 0. The molecule has 0 heterocycles. The van der Waals surface area contributed by atoms with E-state index in [0.29, 0.717) is 11.3 Å². The zero-order chi connectivity index (χ0) is 12.5. The average Bonchev–Trinajstić information content (AvgIpc) is 2.94. The van der Waals surface area contributed by atoms with Gasteiger partial charge in [0.25, 0.3) is 0 Å². The van der Waals surface area contributed by atoms with E-state index in [0.717, 1.165) is 24.3 Å². The highest BCUT2D eigenvalue weighted by Gasteiger charge is 2.59. The molecule has 2 heteroatoms. The smallest absolute Gasteiger partial charge is 0.0641 e. The zero-order valence-electron chi connectivity index (χ0n) is 10.9. The van der Waals surface area contributed by atoms with E-state index in [9.17, 15) is 5.11 Å². The van der Waals surface area contributed by atoms with Gasteiger partial charge in [-0.05, 0) is 55.4 Å². The summed E-state index contributed by atoms with van der Waals surface area (Å²) in [6.07, 6.45) is 9.07. The van der Waals surface area contributed by atoms with Crippen molar-refractivity contribution in [2.24, 2.45) is 17.3 Å². The summed E-state index contributed by atoms with van der Waals surface area (Å²) in [5, 5.41) is 18.1. The Morgan fingerprint density at radius 3 is 2.94 bits per heavy atom. The molecule has 0 saturated heterocycles. The van der Waals surface area contributed by atoms with E-state index in [1.165, 1.54) is 18.4 Å². The van der Waals surface area contributed by atoms with E-state index < -0.39 is 0 Å². The van der Waals surface area contributed by atoms with Gasteiger partial charge < -0.3 is 10.2 Å². The SMILES string of the molecule is C/C(=C\CC[C@@]1(C)[C@H]2C=C(CO)CC[C@@H]21)CO. The first-order valence-electron chi connectivity index (χ1n) is 6.68. The number of aliphatic hydroxyl groups excluding tert-OH is 2. The van der Waals surface area contributed by atoms with Crippen LogP contribution in [0.4, 0.5) is 0 Å². The number of hydrogen-bond donors (Lipinski definition) is 2. The van der Waals surface area contributed by atoms with Gasteiger partial charge in [0.2, 0.25) is 0 Å². The standard InChI is InChI=1S/C15H24O2/c1-11(9-16)4-3-7-15(2)13-6-5-12(10-17)8-14(13)15/h4,8,13-14,16-17H,3,5-7,9-10H2,1-2H3/b11-4+/t13-,14-,15+/m0/s1. The van der Waals surface area contributed by atoms with E-state index in [2.05, 4.69) is 19.1 Å². The van der Waals surface area contributed by atoms with Gasteiger partial charge in [-0.15, -0.1) is 0 Å². The molecule has 17 heavy (non-hydrogen) atoms. The van der Waals surface area contributed by atoms with Crippen LogP contribution in [0.1, 0.15) is 39.5 Å². The molecular formula is C15H24O2. The lowest BCUT2D eigenvalue weighted by atomic mass is 9.96. The first-order chi connectivity index (χ1) is 8.11. The topological polar surface area (TPSA) is 40.5 Å². The van der Waals surface area contributed by atoms with E-state index in [1.807, 2.05) is 6.92 Å². The van der Waals surface area contributed by atoms with E-state index in [1.54, 1.807) is 0 Å². The van der Waals surface area contributed by atoms with Crippen LogP contribution in [0.2, 0.25) is 0 Å². The van der Waals surface area contributed by atoms with E-state index in [-0.39, 0.29) is 13.2 Å². The van der Waals surface area contributed by atoms with Crippen molar-refractivity contribution in [1.29, 1.82) is 0 Å². The fourth-order valence-corrected chi connectivity index (χ4v) is 3.37. The molecule has 0 aromatic rings. The molecule has 0 spiro atoms. The number of fused-ring (bicyclic) bond motifs is 1. The van der Waals surface area contributed by atoms with Crippen molar-refractivity contribution in [3.63, 3.8) is 0 Å². The maximum absolute atomic E-state index is 9.17. The monoisotopic (exact) mass is 236 g/mol. The Balaban J connectivity index is 1.89. The van der Waals surface area contributed by atoms with Crippen LogP contribution in [-0.4, -0.2) is 23.4 Å². The molecule has 0 aromatic carbocycles. The third kappa shape index (κ3) is 2.48. The maximum Gasteiger partial charge on any atom is 0.0641 e. The summed E-state index contributed by atoms with van der Waals surface area (Å²) >= 11 is 0. The van der Waals surface area contributed by atoms with Crippen LogP contribution in [0.15, 0.2) is 23.3 Å². The first-order valence-corrected chi connectivity index (χ1v) is 6.68. The van der Waals surface area contributed by atoms with Crippen LogP contribution in [0.3, 0.4) is 0 Å². The van der Waals surface area contributed by atoms with E-state index in [4.69, 9.17) is 5.11 Å². The summed E-state index contributed by atoms with van der Waals surface area (Å²) in [4.78, 5) is 0. The Bertz CT molecular complexity index is 343. The molecule has 1 saturated carbocycles. The van der Waals surface area contributed by atoms with E-state index >= 15 is 0 Å². The van der Waals surface area contributed by atoms with Crippen LogP contribution in [0.5, 0.6) is 0 Å². The Labute approximate surface area is 104 Å². The van der Waals surface area contributed by atoms with Crippen molar-refractivity contribution in [2.45, 2.75) is 39.5 Å². The largest absolute Gasteiger partial charge is 0.392 e. The van der Waals surface area contributed by atoms with Crippen molar-refractivity contribution < 1.29 is 10.2 Å². The molecule has 0 aromatic heterocycles. The second kappa shape index (κ2) is 4.95. The van der Waals surface area contributed by atoms with Gasteiger partial charge >= 0.3 is 0 Å². The number of aliphatic hydroxyl groups is 2. The molecule has 2 aliphatic carbocycles. The van der Waals surface area contributed by atoms with Gasteiger partial charge in [-0.3, -0.25) is 0 Å². The average molecular weight is 236 g/mol. The lowest BCUT2D eigenvalue weighted by Crippen LogP contribution is -1.98. The molecule has 0 amide bonds. The molecular weight excluding hydrogens is 212 g/mol. The Morgan fingerprint density at radius 1 is 1.53 bits per heavy atom. The normalized spacial score (nSPS) is 36.5. The summed E-state index contributed by atoms with van der Waals surface area (Å²) in [7, 11) is 0. The minimum absolute atomic E-state index is 0.179. The Kier molecular flexibility index (Phi) is 3.74. The lowest BCUT2D eigenvalue weighted by Gasteiger charge is -2.09. The summed E-state index contributed by atoms with van der Waals surface area (Å²) in [5.41, 5.74) is 2.75. The van der Waals surface area contributed by atoms with Gasteiger partial charge in [-0.1, -0.05) is 24.6 Å². The van der Waals surface area contributed by atoms with Crippen molar-refractivity contribution in [3.8, 4) is 0 Å². The maximum atomic E-state index is 9.17. The summed E-state index contributed by atoms with van der Waals surface area (Å²) in [6.45, 7) is 4.77. The molecule has 0 aliphatic heterocycles. The minimum atomic E-state index is 0.179. The van der Waals surface area contributed by atoms with Crippen LogP contribution in [-0.2, 0) is 0 Å². The van der Waals surface area contributed by atoms with Crippen molar-refractivity contribution >= 4 is 0 Å². The summed E-state index contributed by atoms with van der Waals surface area (Å²) in [5.74, 6) is 1.53. The second-order valence-corrected chi connectivity index (χ2v) is 5.91. The third-order valence-electron chi connectivity index (χ3n) is 4.75. The van der Waals surface area contributed by atoms with Gasteiger partial charge in [0.1, 0.15) is 0 Å². The lowest BCUT2D eigenvalue weighted by molar-refractivity contribution is 0.322. The Hall–Kier alpha value is -0.600. The fraction of sp³-hybridized carbons (Fsp3) is 0.733. The molecule has 3 atom stereocenters. The highest BCUT2D eigenvalue weighted by Crippen LogP contribution is 2.66. The van der Waals surface area contributed by atoms with Gasteiger partial charge in [0.15, 0.2) is 0 Å². The first kappa shape index (κ1) is 12.8. The molecule has 0 unspecified atom stereocenters. The fourth-order valence-electron chi connectivity index (χ4n) is 3.37. The molecule has 2 nitrogen and oxygen atoms in total. The predicted octanol–water partition coefficient (Wildman–Crippen LogP) is 2.67. The predicted molar refractivity (Wildman–Crippen MR) is 69.6 cm³/mol. The zero-order valence-corrected chi connectivity index (χ0v) is 10.9. The van der Waals surface area contributed by atoms with Gasteiger partial charge in [-0.2, -0.15) is 0 Å². The molecule has 2 aliphatic rings. The molecule has 2 rings (SSSR count). The van der Waals surface area contributed by atoms with Gasteiger partial charge in [0.05, 0.1) is 13.2 Å². The molecule has 1 fully saturated rings. The number of rotatable bonds is 5. The highest BCUT2D eigenvalue weighted by molar-refractivity contribution is 5.24. The van der Waals surface area contributed by atoms with Crippen LogP contribution in [0, 0.1) is 17.3 Å². The van der Waals surface area contributed by atoms with Crippen LogP contribution < -0.4 is 0 Å². The minimum Gasteiger partial charge on any atom is -0.392 e. The summed E-state index contributed by atoms with van der Waals surface area (Å²) in [6, 6.07) is 0. The van der Waals surface area contributed by atoms with Gasteiger partial charge in [0, 0.05) is 0 Å². The Morgan fingerprint density at radius 2 is 2.29 bits per heavy atom. The second-order valence-electron chi connectivity index (χ2n) is 5.91. The van der Waals surface area contributed by atoms with Crippen molar-refractivity contribution in [3.05, 3.63) is 23.3 Å². The van der Waals surface area contributed by atoms with Crippen LogP contribution >= 0.6 is 0 Å². The quantitative estimate of drug-likeness (QED) is 0.720. The molecule has 96 valence electrons. The van der Waals surface area contributed by atoms with Crippen molar-refractivity contribution in [2.75, 3.05) is 13.2 Å². The van der Waals surface area contributed by atoms with Crippen LogP contribution in [0.25, 0.3) is 0 Å². The number of hydrogen-bond acceptors (Lipinski definition) is 2. The molecule has 0 radical (unpaired) electrons. The van der Waals surface area contributed by atoms with Gasteiger partial charge in [-0.25, -0.2) is 0 Å². The van der Waals surface area contributed by atoms with Crippen molar-refractivity contribution in [1.82, 2.24) is 0 Å². The molecule has 0 bridgehead atoms.